The lowest BCUT2D eigenvalue weighted by Crippen LogP contribution is -1.88. The number of rotatable bonds is 0. The Morgan fingerprint density at radius 1 is 1.29 bits per heavy atom. The third-order valence-corrected chi connectivity index (χ3v) is 2.67. The molecule has 0 radical (unpaired) electrons. The molecular weight excluding hydrogens is 172 g/mol. The van der Waals surface area contributed by atoms with Crippen molar-refractivity contribution in [2.75, 3.05) is 0 Å². The third kappa shape index (κ3) is 0.841. The number of nitriles is 1. The maximum Gasteiger partial charge on any atom is 0.0991 e. The maximum absolute atomic E-state index is 8.78. The zero-order valence-electron chi connectivity index (χ0n) is 7.57. The Labute approximate surface area is 82.0 Å². The van der Waals surface area contributed by atoms with Crippen molar-refractivity contribution in [2.45, 2.75) is 6.42 Å². The van der Waals surface area contributed by atoms with Gasteiger partial charge in [0.05, 0.1) is 11.6 Å². The average Bonchev–Trinajstić information content (AvgIpc) is 2.75. The average molecular weight is 180 g/mol. The number of hydrogen-bond donors (Lipinski definition) is 0. The summed E-state index contributed by atoms with van der Waals surface area (Å²) in [5, 5.41) is 8.78. The molecule has 0 saturated heterocycles. The van der Waals surface area contributed by atoms with Crippen LogP contribution in [0.4, 0.5) is 0 Å². The van der Waals surface area contributed by atoms with Gasteiger partial charge < -0.3 is 4.57 Å². The van der Waals surface area contributed by atoms with E-state index in [2.05, 4.69) is 29.0 Å². The molecule has 66 valence electrons. The van der Waals surface area contributed by atoms with Gasteiger partial charge in [0.15, 0.2) is 0 Å². The van der Waals surface area contributed by atoms with Crippen molar-refractivity contribution in [3.63, 3.8) is 0 Å². The number of hydrogen-bond acceptors (Lipinski definition) is 1. The summed E-state index contributed by atoms with van der Waals surface area (Å²) in [5.41, 5.74) is 4.51. The minimum atomic E-state index is 0.745. The smallest absolute Gasteiger partial charge is 0.0991 e. The molecule has 1 aliphatic rings. The van der Waals surface area contributed by atoms with Crippen LogP contribution in [0.5, 0.6) is 0 Å². The molecule has 0 amide bonds. The van der Waals surface area contributed by atoms with Gasteiger partial charge in [-0.3, -0.25) is 0 Å². The fraction of sp³-hybridized carbons (Fsp3) is 0.0833. The first-order chi connectivity index (χ1) is 6.88. The molecule has 0 aliphatic carbocycles. The molecular formula is C12H8N2. The highest BCUT2D eigenvalue weighted by Crippen LogP contribution is 2.28. The molecule has 14 heavy (non-hydrogen) atoms. The van der Waals surface area contributed by atoms with Crippen LogP contribution in [0.3, 0.4) is 0 Å². The quantitative estimate of drug-likeness (QED) is 0.521. The summed E-state index contributed by atoms with van der Waals surface area (Å²) in [7, 11) is 0. The highest BCUT2D eigenvalue weighted by Gasteiger charge is 2.16. The normalized spacial score (nSPS) is 11.9. The second-order valence-corrected chi connectivity index (χ2v) is 3.50. The van der Waals surface area contributed by atoms with Gasteiger partial charge in [-0.2, -0.15) is 5.26 Å². The summed E-state index contributed by atoms with van der Waals surface area (Å²) in [5.74, 6) is 0. The van der Waals surface area contributed by atoms with E-state index in [1.165, 1.54) is 16.9 Å². The van der Waals surface area contributed by atoms with Gasteiger partial charge >= 0.3 is 0 Å². The fourth-order valence-electron chi connectivity index (χ4n) is 2.02. The van der Waals surface area contributed by atoms with Crippen molar-refractivity contribution in [3.05, 3.63) is 53.3 Å². The van der Waals surface area contributed by atoms with Crippen molar-refractivity contribution >= 4 is 0 Å². The lowest BCUT2D eigenvalue weighted by atomic mass is 10.1. The van der Waals surface area contributed by atoms with Gasteiger partial charge in [-0.05, 0) is 35.9 Å². The van der Waals surface area contributed by atoms with Gasteiger partial charge in [0, 0.05) is 24.0 Å². The second kappa shape index (κ2) is 2.49. The number of nitrogens with zero attached hydrogens (tertiary/aromatic N) is 2. The first kappa shape index (κ1) is 7.40. The SMILES string of the molecule is N#Cc1ccc2c(c1)Cc1cccn1-2. The van der Waals surface area contributed by atoms with E-state index in [0.29, 0.717) is 0 Å². The van der Waals surface area contributed by atoms with Gasteiger partial charge in [-0.15, -0.1) is 0 Å². The molecule has 0 spiro atoms. The summed E-state index contributed by atoms with van der Waals surface area (Å²) >= 11 is 0. The minimum Gasteiger partial charge on any atom is -0.320 e. The molecule has 2 aromatic rings. The number of aromatic nitrogens is 1. The van der Waals surface area contributed by atoms with Gasteiger partial charge in [0.2, 0.25) is 0 Å². The molecule has 0 saturated carbocycles. The Morgan fingerprint density at radius 2 is 2.21 bits per heavy atom. The highest BCUT2D eigenvalue weighted by atomic mass is 15.0. The van der Waals surface area contributed by atoms with Gasteiger partial charge in [-0.25, -0.2) is 0 Å². The van der Waals surface area contributed by atoms with E-state index in [1.54, 1.807) is 0 Å². The standard InChI is InChI=1S/C12H8N2/c13-8-9-3-4-12-10(6-9)7-11-2-1-5-14(11)12/h1-6H,7H2. The van der Waals surface area contributed by atoms with Crippen molar-refractivity contribution in [3.8, 4) is 11.8 Å². The molecule has 0 bridgehead atoms. The maximum atomic E-state index is 8.78. The van der Waals surface area contributed by atoms with Crippen LogP contribution in [0.15, 0.2) is 36.5 Å². The van der Waals surface area contributed by atoms with E-state index in [4.69, 9.17) is 5.26 Å². The van der Waals surface area contributed by atoms with Crippen molar-refractivity contribution in [1.82, 2.24) is 4.57 Å². The van der Waals surface area contributed by atoms with E-state index in [9.17, 15) is 0 Å². The van der Waals surface area contributed by atoms with Gasteiger partial charge in [0.25, 0.3) is 0 Å². The van der Waals surface area contributed by atoms with E-state index in [-0.39, 0.29) is 0 Å². The molecule has 1 aromatic carbocycles. The van der Waals surface area contributed by atoms with Crippen LogP contribution in [0, 0.1) is 11.3 Å². The number of benzene rings is 1. The van der Waals surface area contributed by atoms with Gasteiger partial charge in [-0.1, -0.05) is 0 Å². The molecule has 3 rings (SSSR count). The summed E-state index contributed by atoms with van der Waals surface area (Å²) in [4.78, 5) is 0. The van der Waals surface area contributed by atoms with E-state index >= 15 is 0 Å². The lowest BCUT2D eigenvalue weighted by molar-refractivity contribution is 1.05. The van der Waals surface area contributed by atoms with Crippen LogP contribution >= 0.6 is 0 Å². The molecule has 1 aromatic heterocycles. The predicted octanol–water partition coefficient (Wildman–Crippen LogP) is 2.25. The first-order valence-corrected chi connectivity index (χ1v) is 4.58. The lowest BCUT2D eigenvalue weighted by Gasteiger charge is -2.01. The summed E-state index contributed by atoms with van der Waals surface area (Å²) in [6, 6.07) is 12.2. The minimum absolute atomic E-state index is 0.745. The van der Waals surface area contributed by atoms with Crippen molar-refractivity contribution in [1.29, 1.82) is 5.26 Å². The monoisotopic (exact) mass is 180 g/mol. The molecule has 2 nitrogen and oxygen atoms in total. The molecule has 2 heteroatoms. The molecule has 0 unspecified atom stereocenters. The van der Waals surface area contributed by atoms with Crippen LogP contribution in [0.25, 0.3) is 5.69 Å². The Kier molecular flexibility index (Phi) is 1.32. The van der Waals surface area contributed by atoms with Crippen LogP contribution in [-0.2, 0) is 6.42 Å². The first-order valence-electron chi connectivity index (χ1n) is 4.58. The molecule has 1 aliphatic heterocycles. The summed E-state index contributed by atoms with van der Waals surface area (Å²) in [6.07, 6.45) is 3.01. The third-order valence-electron chi connectivity index (χ3n) is 2.67. The molecule has 0 atom stereocenters. The Morgan fingerprint density at radius 3 is 3.07 bits per heavy atom. The summed E-state index contributed by atoms with van der Waals surface area (Å²) < 4.78 is 2.18. The van der Waals surface area contributed by atoms with Crippen molar-refractivity contribution < 1.29 is 0 Å². The molecule has 2 heterocycles. The van der Waals surface area contributed by atoms with E-state index < -0.39 is 0 Å². The Balaban J connectivity index is 2.24. The van der Waals surface area contributed by atoms with Crippen LogP contribution in [-0.4, -0.2) is 4.57 Å². The predicted molar refractivity (Wildman–Crippen MR) is 53.3 cm³/mol. The van der Waals surface area contributed by atoms with Gasteiger partial charge in [0.1, 0.15) is 0 Å². The molecule has 0 fully saturated rings. The Hall–Kier alpha value is -2.01. The van der Waals surface area contributed by atoms with Crippen molar-refractivity contribution in [2.24, 2.45) is 0 Å². The molecule has 0 N–H and O–H groups in total. The second-order valence-electron chi connectivity index (χ2n) is 3.50. The van der Waals surface area contributed by atoms with E-state index in [1.807, 2.05) is 18.2 Å². The Bertz CT molecular complexity index is 544. The van der Waals surface area contributed by atoms with Crippen LogP contribution in [0.2, 0.25) is 0 Å². The highest BCUT2D eigenvalue weighted by molar-refractivity contribution is 5.53. The number of fused-ring (bicyclic) bond motifs is 3. The fourth-order valence-corrected chi connectivity index (χ4v) is 2.02. The van der Waals surface area contributed by atoms with Crippen LogP contribution in [0.1, 0.15) is 16.8 Å². The largest absolute Gasteiger partial charge is 0.320 e. The zero-order chi connectivity index (χ0) is 9.54. The van der Waals surface area contributed by atoms with Crippen LogP contribution < -0.4 is 0 Å². The topological polar surface area (TPSA) is 28.7 Å². The summed E-state index contributed by atoms with van der Waals surface area (Å²) in [6.45, 7) is 0. The zero-order valence-corrected chi connectivity index (χ0v) is 7.57. The van der Waals surface area contributed by atoms with E-state index in [0.717, 1.165) is 12.0 Å².